The van der Waals surface area contributed by atoms with Crippen molar-refractivity contribution in [3.63, 3.8) is 0 Å². The van der Waals surface area contributed by atoms with E-state index in [1.807, 2.05) is 18.2 Å². The molecule has 20 heavy (non-hydrogen) atoms. The fourth-order valence-electron chi connectivity index (χ4n) is 2.38. The van der Waals surface area contributed by atoms with Gasteiger partial charge in [0.15, 0.2) is 0 Å². The molecular formula is C17H26BrClO. The quantitative estimate of drug-likeness (QED) is 0.496. The number of hydrogen-bond donors (Lipinski definition) is 1. The number of benzene rings is 1. The van der Waals surface area contributed by atoms with Gasteiger partial charge in [-0.05, 0) is 30.5 Å². The summed E-state index contributed by atoms with van der Waals surface area (Å²) in [5, 5.41) is 10.8. The average Bonchev–Trinajstić information content (AvgIpc) is 2.41. The molecule has 1 nitrogen and oxygen atoms in total. The smallest absolute Gasteiger partial charge is 0.0581 e. The predicted octanol–water partition coefficient (Wildman–Crippen LogP) is 6.15. The molecule has 0 radical (unpaired) electrons. The SMILES string of the molecule is CCCCCCCCCC(O)Cc1ccc(Br)cc1Cl. The normalized spacial score (nSPS) is 12.6. The molecule has 1 unspecified atom stereocenters. The van der Waals surface area contributed by atoms with Gasteiger partial charge in [-0.25, -0.2) is 0 Å². The number of aliphatic hydroxyl groups is 1. The van der Waals surface area contributed by atoms with Crippen molar-refractivity contribution < 1.29 is 5.11 Å². The summed E-state index contributed by atoms with van der Waals surface area (Å²) in [6, 6.07) is 5.85. The highest BCUT2D eigenvalue weighted by atomic mass is 79.9. The van der Waals surface area contributed by atoms with Crippen LogP contribution in [0.15, 0.2) is 22.7 Å². The molecule has 1 aromatic carbocycles. The molecule has 1 rings (SSSR count). The zero-order chi connectivity index (χ0) is 14.8. The molecular weight excluding hydrogens is 336 g/mol. The van der Waals surface area contributed by atoms with Gasteiger partial charge in [0.2, 0.25) is 0 Å². The van der Waals surface area contributed by atoms with Crippen LogP contribution in [0.3, 0.4) is 0 Å². The van der Waals surface area contributed by atoms with Crippen molar-refractivity contribution in [1.82, 2.24) is 0 Å². The first-order valence-corrected chi connectivity index (χ1v) is 8.92. The maximum Gasteiger partial charge on any atom is 0.0581 e. The first kappa shape index (κ1) is 18.0. The van der Waals surface area contributed by atoms with Crippen LogP contribution in [0.5, 0.6) is 0 Å². The molecule has 3 heteroatoms. The van der Waals surface area contributed by atoms with E-state index in [1.165, 1.54) is 38.5 Å². The number of aliphatic hydroxyl groups excluding tert-OH is 1. The molecule has 0 fully saturated rings. The van der Waals surface area contributed by atoms with Crippen molar-refractivity contribution in [2.45, 2.75) is 70.8 Å². The molecule has 0 aliphatic carbocycles. The van der Waals surface area contributed by atoms with Crippen LogP contribution in [-0.2, 0) is 6.42 Å². The lowest BCUT2D eigenvalue weighted by molar-refractivity contribution is 0.161. The van der Waals surface area contributed by atoms with E-state index in [0.29, 0.717) is 6.42 Å². The lowest BCUT2D eigenvalue weighted by Crippen LogP contribution is -2.10. The summed E-state index contributed by atoms with van der Waals surface area (Å²) in [7, 11) is 0. The summed E-state index contributed by atoms with van der Waals surface area (Å²) in [6.45, 7) is 2.24. The van der Waals surface area contributed by atoms with Crippen molar-refractivity contribution in [3.05, 3.63) is 33.3 Å². The summed E-state index contributed by atoms with van der Waals surface area (Å²) in [5.41, 5.74) is 1.03. The first-order valence-electron chi connectivity index (χ1n) is 7.75. The van der Waals surface area contributed by atoms with Crippen LogP contribution in [0.25, 0.3) is 0 Å². The summed E-state index contributed by atoms with van der Waals surface area (Å²) >= 11 is 9.56. The van der Waals surface area contributed by atoms with E-state index in [0.717, 1.165) is 27.9 Å². The van der Waals surface area contributed by atoms with E-state index in [9.17, 15) is 5.11 Å². The van der Waals surface area contributed by atoms with Crippen molar-refractivity contribution in [3.8, 4) is 0 Å². The van der Waals surface area contributed by atoms with Crippen molar-refractivity contribution in [2.75, 3.05) is 0 Å². The van der Waals surface area contributed by atoms with Gasteiger partial charge in [0.05, 0.1) is 6.10 Å². The van der Waals surface area contributed by atoms with E-state index in [4.69, 9.17) is 11.6 Å². The second-order valence-electron chi connectivity index (χ2n) is 5.50. The summed E-state index contributed by atoms with van der Waals surface area (Å²) in [5.74, 6) is 0. The Labute approximate surface area is 136 Å². The van der Waals surface area contributed by atoms with Crippen LogP contribution in [0.2, 0.25) is 5.02 Å². The van der Waals surface area contributed by atoms with Gasteiger partial charge in [0.25, 0.3) is 0 Å². The number of hydrogen-bond acceptors (Lipinski definition) is 1. The van der Waals surface area contributed by atoms with Crippen LogP contribution in [-0.4, -0.2) is 11.2 Å². The third-order valence-electron chi connectivity index (χ3n) is 3.61. The Morgan fingerprint density at radius 2 is 1.75 bits per heavy atom. The average molecular weight is 362 g/mol. The van der Waals surface area contributed by atoms with Gasteiger partial charge >= 0.3 is 0 Å². The molecule has 0 aliphatic heterocycles. The Balaban J connectivity index is 2.15. The number of rotatable bonds is 10. The topological polar surface area (TPSA) is 20.2 Å². The van der Waals surface area contributed by atoms with Gasteiger partial charge in [-0.3, -0.25) is 0 Å². The van der Waals surface area contributed by atoms with E-state index in [2.05, 4.69) is 22.9 Å². The molecule has 0 spiro atoms. The molecule has 0 amide bonds. The molecule has 0 heterocycles. The Hall–Kier alpha value is -0.0500. The fraction of sp³-hybridized carbons (Fsp3) is 0.647. The Bertz CT molecular complexity index is 381. The van der Waals surface area contributed by atoms with Crippen LogP contribution in [0.1, 0.15) is 63.9 Å². The minimum absolute atomic E-state index is 0.274. The highest BCUT2D eigenvalue weighted by Crippen LogP contribution is 2.23. The third kappa shape index (κ3) is 7.66. The highest BCUT2D eigenvalue weighted by Gasteiger charge is 2.08. The fourth-order valence-corrected chi connectivity index (χ4v) is 3.13. The lowest BCUT2D eigenvalue weighted by atomic mass is 10.0. The minimum atomic E-state index is -0.274. The molecule has 1 N–H and O–H groups in total. The number of halogens is 2. The van der Waals surface area contributed by atoms with Gasteiger partial charge in [0.1, 0.15) is 0 Å². The summed E-state index contributed by atoms with van der Waals surface area (Å²) in [4.78, 5) is 0. The molecule has 0 saturated heterocycles. The van der Waals surface area contributed by atoms with Crippen LogP contribution < -0.4 is 0 Å². The molecule has 0 aromatic heterocycles. The standard InChI is InChI=1S/C17H26BrClO/c1-2-3-4-5-6-7-8-9-16(20)12-14-10-11-15(18)13-17(14)19/h10-11,13,16,20H,2-9,12H2,1H3. The molecule has 114 valence electrons. The van der Waals surface area contributed by atoms with E-state index in [-0.39, 0.29) is 6.10 Å². The monoisotopic (exact) mass is 360 g/mol. The van der Waals surface area contributed by atoms with E-state index >= 15 is 0 Å². The first-order chi connectivity index (χ1) is 9.63. The van der Waals surface area contributed by atoms with E-state index < -0.39 is 0 Å². The predicted molar refractivity (Wildman–Crippen MR) is 91.5 cm³/mol. The van der Waals surface area contributed by atoms with Gasteiger partial charge in [-0.2, -0.15) is 0 Å². The van der Waals surface area contributed by atoms with E-state index in [1.54, 1.807) is 0 Å². The van der Waals surface area contributed by atoms with Gasteiger partial charge in [-0.1, -0.05) is 85.5 Å². The zero-order valence-corrected chi connectivity index (χ0v) is 14.7. The van der Waals surface area contributed by atoms with Gasteiger partial charge in [-0.15, -0.1) is 0 Å². The van der Waals surface area contributed by atoms with Crippen molar-refractivity contribution in [2.24, 2.45) is 0 Å². The maximum atomic E-state index is 10.1. The highest BCUT2D eigenvalue weighted by molar-refractivity contribution is 9.10. The molecule has 0 bridgehead atoms. The third-order valence-corrected chi connectivity index (χ3v) is 4.46. The Kier molecular flexibility index (Phi) is 9.58. The van der Waals surface area contributed by atoms with Crippen LogP contribution in [0, 0.1) is 0 Å². The molecule has 0 aliphatic rings. The molecule has 1 atom stereocenters. The van der Waals surface area contributed by atoms with Gasteiger partial charge < -0.3 is 5.11 Å². The second kappa shape index (κ2) is 10.6. The summed E-state index contributed by atoms with van der Waals surface area (Å²) < 4.78 is 0.979. The minimum Gasteiger partial charge on any atom is -0.393 e. The maximum absolute atomic E-state index is 10.1. The second-order valence-corrected chi connectivity index (χ2v) is 6.83. The zero-order valence-electron chi connectivity index (χ0n) is 12.4. The van der Waals surface area contributed by atoms with Gasteiger partial charge in [0, 0.05) is 9.50 Å². The Morgan fingerprint density at radius 3 is 2.40 bits per heavy atom. The molecule has 1 aromatic rings. The van der Waals surface area contributed by atoms with Crippen LogP contribution >= 0.6 is 27.5 Å². The lowest BCUT2D eigenvalue weighted by Gasteiger charge is -2.12. The van der Waals surface area contributed by atoms with Crippen molar-refractivity contribution >= 4 is 27.5 Å². The summed E-state index contributed by atoms with van der Waals surface area (Å²) in [6.07, 6.45) is 10.2. The van der Waals surface area contributed by atoms with Crippen molar-refractivity contribution in [1.29, 1.82) is 0 Å². The largest absolute Gasteiger partial charge is 0.393 e. The van der Waals surface area contributed by atoms with Crippen LogP contribution in [0.4, 0.5) is 0 Å². The molecule has 0 saturated carbocycles. The Morgan fingerprint density at radius 1 is 1.10 bits per heavy atom. The number of unbranched alkanes of at least 4 members (excludes halogenated alkanes) is 6.